The van der Waals surface area contributed by atoms with E-state index in [0.717, 1.165) is 23.7 Å². The van der Waals surface area contributed by atoms with Crippen molar-refractivity contribution in [2.24, 2.45) is 5.41 Å². The van der Waals surface area contributed by atoms with Gasteiger partial charge in [0.05, 0.1) is 19.8 Å². The summed E-state index contributed by atoms with van der Waals surface area (Å²) in [5.74, 6) is 0. The molecule has 118 valence electrons. The number of benzene rings is 1. The topological polar surface area (TPSA) is 94.8 Å². The molecule has 0 bridgehead atoms. The second-order valence-corrected chi connectivity index (χ2v) is 5.13. The van der Waals surface area contributed by atoms with Crippen LogP contribution in [-0.4, -0.2) is 47.7 Å². The molecule has 5 nitrogen and oxygen atoms in total. The van der Waals surface area contributed by atoms with Gasteiger partial charge in [0.25, 0.3) is 0 Å². The summed E-state index contributed by atoms with van der Waals surface area (Å²) in [6.45, 7) is 4.98. The van der Waals surface area contributed by atoms with Crippen molar-refractivity contribution < 1.29 is 24.9 Å². The van der Waals surface area contributed by atoms with Crippen molar-refractivity contribution in [3.8, 4) is 0 Å². The van der Waals surface area contributed by atoms with Crippen LogP contribution in [0.3, 0.4) is 0 Å². The third-order valence-corrected chi connectivity index (χ3v) is 3.66. The van der Waals surface area contributed by atoms with E-state index >= 15 is 0 Å². The molecule has 0 atom stereocenters. The van der Waals surface area contributed by atoms with Crippen molar-refractivity contribution in [1.82, 2.24) is 0 Å². The molecule has 1 aromatic carbocycles. The Hall–Kier alpha value is -1.56. The van der Waals surface area contributed by atoms with Crippen LogP contribution in [0.2, 0.25) is 0 Å². The molecule has 0 heterocycles. The molecule has 0 unspecified atom stereocenters. The van der Waals surface area contributed by atoms with Crippen LogP contribution in [0.4, 0.5) is 0 Å². The molecule has 0 saturated heterocycles. The minimum Gasteiger partial charge on any atom is -0.396 e. The number of rotatable bonds is 6. The summed E-state index contributed by atoms with van der Waals surface area (Å²) in [4.78, 5) is 21.0. The molecule has 21 heavy (non-hydrogen) atoms. The average molecular weight is 296 g/mol. The van der Waals surface area contributed by atoms with Gasteiger partial charge in [-0.05, 0) is 43.5 Å². The summed E-state index contributed by atoms with van der Waals surface area (Å²) < 4.78 is 0. The van der Waals surface area contributed by atoms with Gasteiger partial charge in [-0.15, -0.1) is 0 Å². The first kappa shape index (κ1) is 19.4. The predicted molar refractivity (Wildman–Crippen MR) is 80.7 cm³/mol. The standard InChI is InChI=1S/C10H10O2.C6H14O3/c1-7-3-10(6-12)8(2)4-9(7)5-11;1-2-6(3-7,4-8)5-9/h3-6H,1-2H3;7-9H,2-5H2,1H3. The smallest absolute Gasteiger partial charge is 0.150 e. The molecule has 0 spiro atoms. The minimum atomic E-state index is -0.667. The summed E-state index contributed by atoms with van der Waals surface area (Å²) in [6, 6.07) is 3.46. The summed E-state index contributed by atoms with van der Waals surface area (Å²) in [5.41, 5.74) is 2.33. The molecule has 0 radical (unpaired) electrons. The van der Waals surface area contributed by atoms with Crippen molar-refractivity contribution >= 4 is 12.6 Å². The van der Waals surface area contributed by atoms with Crippen molar-refractivity contribution in [3.05, 3.63) is 34.4 Å². The summed E-state index contributed by atoms with van der Waals surface area (Å²) in [6.07, 6.45) is 2.20. The van der Waals surface area contributed by atoms with E-state index in [-0.39, 0.29) is 19.8 Å². The molecular weight excluding hydrogens is 272 g/mol. The Morgan fingerprint density at radius 2 is 1.24 bits per heavy atom. The highest BCUT2D eigenvalue weighted by molar-refractivity contribution is 5.83. The zero-order chi connectivity index (χ0) is 16.5. The van der Waals surface area contributed by atoms with Crippen molar-refractivity contribution in [2.45, 2.75) is 27.2 Å². The van der Waals surface area contributed by atoms with E-state index in [4.69, 9.17) is 15.3 Å². The molecule has 0 aliphatic carbocycles. The van der Waals surface area contributed by atoms with E-state index in [1.165, 1.54) is 0 Å². The fourth-order valence-corrected chi connectivity index (χ4v) is 1.60. The van der Waals surface area contributed by atoms with Crippen LogP contribution in [0.1, 0.15) is 45.2 Å². The Balaban J connectivity index is 0.000000400. The maximum Gasteiger partial charge on any atom is 0.150 e. The minimum absolute atomic E-state index is 0.156. The van der Waals surface area contributed by atoms with E-state index in [1.807, 2.05) is 20.8 Å². The molecule has 3 N–H and O–H groups in total. The predicted octanol–water partition coefficient (Wildman–Crippen LogP) is 1.29. The third kappa shape index (κ3) is 5.38. The SMILES string of the molecule is CCC(CO)(CO)CO.Cc1cc(C=O)c(C)cc1C=O. The zero-order valence-electron chi connectivity index (χ0n) is 12.8. The maximum absolute atomic E-state index is 10.5. The van der Waals surface area contributed by atoms with Gasteiger partial charge in [0.15, 0.2) is 0 Å². The first-order valence-corrected chi connectivity index (χ1v) is 6.77. The van der Waals surface area contributed by atoms with Crippen LogP contribution < -0.4 is 0 Å². The van der Waals surface area contributed by atoms with E-state index < -0.39 is 5.41 Å². The second-order valence-electron chi connectivity index (χ2n) is 5.13. The lowest BCUT2D eigenvalue weighted by molar-refractivity contribution is 0.00304. The lowest BCUT2D eigenvalue weighted by Gasteiger charge is -2.24. The summed E-state index contributed by atoms with van der Waals surface area (Å²) >= 11 is 0. The first-order valence-electron chi connectivity index (χ1n) is 6.77. The molecule has 5 heteroatoms. The molecule has 1 aromatic rings. The number of hydrogen-bond acceptors (Lipinski definition) is 5. The molecule has 0 aliphatic rings. The van der Waals surface area contributed by atoms with Gasteiger partial charge in [0.2, 0.25) is 0 Å². The highest BCUT2D eigenvalue weighted by Gasteiger charge is 2.24. The van der Waals surface area contributed by atoms with Crippen molar-refractivity contribution in [1.29, 1.82) is 0 Å². The Morgan fingerprint density at radius 1 is 0.905 bits per heavy atom. The molecule has 0 saturated carbocycles. The lowest BCUT2D eigenvalue weighted by atomic mass is 9.88. The van der Waals surface area contributed by atoms with Gasteiger partial charge in [-0.25, -0.2) is 0 Å². The van der Waals surface area contributed by atoms with Gasteiger partial charge in [0.1, 0.15) is 12.6 Å². The van der Waals surface area contributed by atoms with Crippen molar-refractivity contribution in [2.75, 3.05) is 19.8 Å². The van der Waals surface area contributed by atoms with Crippen LogP contribution in [0.25, 0.3) is 0 Å². The third-order valence-electron chi connectivity index (χ3n) is 3.66. The average Bonchev–Trinajstić information content (AvgIpc) is 2.52. The molecule has 0 aliphatic heterocycles. The number of carbonyl (C=O) groups is 2. The lowest BCUT2D eigenvalue weighted by Crippen LogP contribution is -2.32. The van der Waals surface area contributed by atoms with Crippen LogP contribution >= 0.6 is 0 Å². The second kappa shape index (κ2) is 9.39. The van der Waals surface area contributed by atoms with E-state index in [2.05, 4.69) is 0 Å². The van der Waals surface area contributed by atoms with Crippen LogP contribution in [0.5, 0.6) is 0 Å². The Morgan fingerprint density at radius 3 is 1.38 bits per heavy atom. The van der Waals surface area contributed by atoms with E-state index in [1.54, 1.807) is 12.1 Å². The van der Waals surface area contributed by atoms with Gasteiger partial charge >= 0.3 is 0 Å². The highest BCUT2D eigenvalue weighted by atomic mass is 16.3. The van der Waals surface area contributed by atoms with Crippen LogP contribution in [0.15, 0.2) is 12.1 Å². The molecule has 1 rings (SSSR count). The number of aryl methyl sites for hydroxylation is 2. The fourth-order valence-electron chi connectivity index (χ4n) is 1.60. The van der Waals surface area contributed by atoms with Crippen LogP contribution in [-0.2, 0) is 0 Å². The first-order chi connectivity index (χ1) is 9.93. The van der Waals surface area contributed by atoms with Gasteiger partial charge in [-0.3, -0.25) is 9.59 Å². The zero-order valence-corrected chi connectivity index (χ0v) is 12.8. The number of hydrogen-bond donors (Lipinski definition) is 3. The number of aliphatic hydroxyl groups excluding tert-OH is 3. The van der Waals surface area contributed by atoms with E-state index in [0.29, 0.717) is 17.5 Å². The highest BCUT2D eigenvalue weighted by Crippen LogP contribution is 2.18. The Kier molecular flexibility index (Phi) is 8.69. The summed E-state index contributed by atoms with van der Waals surface area (Å²) in [5, 5.41) is 26.0. The normalized spacial score (nSPS) is 10.6. The Labute approximate surface area is 125 Å². The largest absolute Gasteiger partial charge is 0.396 e. The monoisotopic (exact) mass is 296 g/mol. The van der Waals surface area contributed by atoms with Gasteiger partial charge in [-0.1, -0.05) is 6.92 Å². The quantitative estimate of drug-likeness (QED) is 0.688. The molecular formula is C16H24O5. The fraction of sp³-hybridized carbons (Fsp3) is 0.500. The maximum atomic E-state index is 10.5. The summed E-state index contributed by atoms with van der Waals surface area (Å²) in [7, 11) is 0. The molecule has 0 aromatic heterocycles. The van der Waals surface area contributed by atoms with Crippen molar-refractivity contribution in [3.63, 3.8) is 0 Å². The Bertz CT molecular complexity index is 413. The van der Waals surface area contributed by atoms with Gasteiger partial charge < -0.3 is 15.3 Å². The molecule has 0 fully saturated rings. The van der Waals surface area contributed by atoms with E-state index in [9.17, 15) is 9.59 Å². The number of aldehydes is 2. The van der Waals surface area contributed by atoms with Gasteiger partial charge in [-0.2, -0.15) is 0 Å². The number of carbonyl (C=O) groups excluding carboxylic acids is 2. The van der Waals surface area contributed by atoms with Crippen LogP contribution in [0, 0.1) is 19.3 Å². The van der Waals surface area contributed by atoms with Gasteiger partial charge in [0, 0.05) is 16.5 Å². The number of aliphatic hydroxyl groups is 3. The molecule has 0 amide bonds.